The highest BCUT2D eigenvalue weighted by molar-refractivity contribution is 7.92. The Balaban J connectivity index is 3.15. The first-order valence-electron chi connectivity index (χ1n) is 4.17. The van der Waals surface area contributed by atoms with Crippen LogP contribution < -0.4 is 10.5 Å². The van der Waals surface area contributed by atoms with E-state index in [0.29, 0.717) is 5.69 Å². The van der Waals surface area contributed by atoms with Gasteiger partial charge in [-0.05, 0) is 30.7 Å². The van der Waals surface area contributed by atoms with Crippen molar-refractivity contribution in [2.45, 2.75) is 6.92 Å². The summed E-state index contributed by atoms with van der Waals surface area (Å²) in [5, 5.41) is 0. The number of nitrogens with one attached hydrogen (secondary N) is 1. The number of aryl methyl sites for hydroxylation is 1. The van der Waals surface area contributed by atoms with Gasteiger partial charge in [-0.2, -0.15) is 0 Å². The van der Waals surface area contributed by atoms with Gasteiger partial charge in [0.25, 0.3) is 0 Å². The molecule has 0 aliphatic heterocycles. The number of amides is 1. The highest BCUT2D eigenvalue weighted by Gasteiger charge is 2.06. The zero-order chi connectivity index (χ0) is 11.6. The van der Waals surface area contributed by atoms with Gasteiger partial charge < -0.3 is 5.73 Å². The molecule has 0 radical (unpaired) electrons. The first-order chi connectivity index (χ1) is 6.78. The highest BCUT2D eigenvalue weighted by atomic mass is 32.2. The molecular weight excluding hydrogens is 216 g/mol. The second-order valence-electron chi connectivity index (χ2n) is 3.33. The molecule has 0 aliphatic rings. The molecule has 1 aromatic rings. The second kappa shape index (κ2) is 3.90. The van der Waals surface area contributed by atoms with E-state index in [1.165, 1.54) is 6.07 Å². The van der Waals surface area contributed by atoms with Gasteiger partial charge in [0, 0.05) is 11.3 Å². The van der Waals surface area contributed by atoms with E-state index in [1.54, 1.807) is 19.1 Å². The van der Waals surface area contributed by atoms with E-state index in [-0.39, 0.29) is 5.56 Å². The van der Waals surface area contributed by atoms with E-state index in [2.05, 4.69) is 4.72 Å². The third kappa shape index (κ3) is 3.59. The molecule has 1 rings (SSSR count). The fourth-order valence-electron chi connectivity index (χ4n) is 1.20. The topological polar surface area (TPSA) is 89.3 Å². The van der Waals surface area contributed by atoms with E-state index in [0.717, 1.165) is 11.8 Å². The van der Waals surface area contributed by atoms with Gasteiger partial charge in [0.1, 0.15) is 0 Å². The number of carbonyl (C=O) groups excluding carboxylic acids is 1. The molecule has 1 aromatic carbocycles. The Kier molecular flexibility index (Phi) is 2.99. The largest absolute Gasteiger partial charge is 0.366 e. The summed E-state index contributed by atoms with van der Waals surface area (Å²) in [6.07, 6.45) is 1.04. The van der Waals surface area contributed by atoms with Crippen molar-refractivity contribution in [1.29, 1.82) is 0 Å². The molecular formula is C9H12N2O3S. The van der Waals surface area contributed by atoms with Crippen molar-refractivity contribution in [3.8, 4) is 0 Å². The van der Waals surface area contributed by atoms with Crippen LogP contribution in [0.1, 0.15) is 15.9 Å². The molecule has 0 heterocycles. The predicted molar refractivity (Wildman–Crippen MR) is 58.2 cm³/mol. The van der Waals surface area contributed by atoms with Gasteiger partial charge in [-0.15, -0.1) is 0 Å². The van der Waals surface area contributed by atoms with Crippen molar-refractivity contribution in [3.63, 3.8) is 0 Å². The van der Waals surface area contributed by atoms with Crippen molar-refractivity contribution in [2.75, 3.05) is 11.0 Å². The first kappa shape index (κ1) is 11.5. The average molecular weight is 228 g/mol. The molecule has 0 aliphatic carbocycles. The van der Waals surface area contributed by atoms with E-state index >= 15 is 0 Å². The molecule has 1 amide bonds. The molecule has 0 unspecified atom stereocenters. The summed E-state index contributed by atoms with van der Waals surface area (Å²) in [5.41, 5.74) is 6.48. The van der Waals surface area contributed by atoms with E-state index < -0.39 is 15.9 Å². The summed E-state index contributed by atoms with van der Waals surface area (Å²) in [5.74, 6) is -0.588. The van der Waals surface area contributed by atoms with Gasteiger partial charge in [-0.1, -0.05) is 0 Å². The van der Waals surface area contributed by atoms with E-state index in [4.69, 9.17) is 5.73 Å². The van der Waals surface area contributed by atoms with Crippen LogP contribution in [0.3, 0.4) is 0 Å². The Hall–Kier alpha value is -1.56. The third-order valence-corrected chi connectivity index (χ3v) is 2.27. The molecule has 0 atom stereocenters. The molecule has 0 saturated heterocycles. The summed E-state index contributed by atoms with van der Waals surface area (Å²) in [6.45, 7) is 1.75. The van der Waals surface area contributed by atoms with E-state index in [9.17, 15) is 13.2 Å². The number of carbonyl (C=O) groups is 1. The van der Waals surface area contributed by atoms with Crippen LogP contribution in [0.5, 0.6) is 0 Å². The van der Waals surface area contributed by atoms with Gasteiger partial charge in [0.15, 0.2) is 0 Å². The minimum Gasteiger partial charge on any atom is -0.366 e. The smallest absolute Gasteiger partial charge is 0.248 e. The second-order valence-corrected chi connectivity index (χ2v) is 5.07. The van der Waals surface area contributed by atoms with Crippen LogP contribution >= 0.6 is 0 Å². The van der Waals surface area contributed by atoms with Crippen LogP contribution in [-0.4, -0.2) is 20.6 Å². The molecule has 3 N–H and O–H groups in total. The number of hydrogen-bond acceptors (Lipinski definition) is 3. The maximum Gasteiger partial charge on any atom is 0.248 e. The zero-order valence-corrected chi connectivity index (χ0v) is 9.26. The standard InChI is InChI=1S/C9H12N2O3S/c1-6-3-7(9(10)12)5-8(4-6)11-15(2,13)14/h3-5,11H,1-2H3,(H2,10,12). The first-order valence-corrected chi connectivity index (χ1v) is 6.06. The lowest BCUT2D eigenvalue weighted by Gasteiger charge is -2.06. The van der Waals surface area contributed by atoms with Gasteiger partial charge in [0.2, 0.25) is 15.9 Å². The zero-order valence-electron chi connectivity index (χ0n) is 8.44. The Morgan fingerprint density at radius 3 is 2.40 bits per heavy atom. The number of nitrogens with two attached hydrogens (primary N) is 1. The highest BCUT2D eigenvalue weighted by Crippen LogP contribution is 2.15. The molecule has 5 nitrogen and oxygen atoms in total. The van der Waals surface area contributed by atoms with Crippen LogP contribution in [0.2, 0.25) is 0 Å². The molecule has 0 spiro atoms. The SMILES string of the molecule is Cc1cc(NS(C)(=O)=O)cc(C(N)=O)c1. The minimum absolute atomic E-state index is 0.279. The summed E-state index contributed by atoms with van der Waals surface area (Å²) in [6, 6.07) is 4.61. The average Bonchev–Trinajstić information content (AvgIpc) is 1.99. The maximum absolute atomic E-state index is 11.0. The molecule has 0 aromatic heterocycles. The van der Waals surface area contributed by atoms with Gasteiger partial charge >= 0.3 is 0 Å². The summed E-state index contributed by atoms with van der Waals surface area (Å²) >= 11 is 0. The molecule has 15 heavy (non-hydrogen) atoms. The van der Waals surface area contributed by atoms with Crippen LogP contribution in [0.15, 0.2) is 18.2 Å². The van der Waals surface area contributed by atoms with Gasteiger partial charge in [0.05, 0.1) is 6.26 Å². The lowest BCUT2D eigenvalue weighted by molar-refractivity contribution is 0.1000. The molecule has 82 valence electrons. The Bertz CT molecular complexity index is 494. The Labute approximate surface area is 88.3 Å². The number of anilines is 1. The number of rotatable bonds is 3. The van der Waals surface area contributed by atoms with Crippen LogP contribution in [0.25, 0.3) is 0 Å². The summed E-state index contributed by atoms with van der Waals surface area (Å²) in [7, 11) is -3.34. The van der Waals surface area contributed by atoms with Crippen molar-refractivity contribution in [2.24, 2.45) is 5.73 Å². The van der Waals surface area contributed by atoms with Gasteiger partial charge in [-0.3, -0.25) is 9.52 Å². The number of sulfonamides is 1. The van der Waals surface area contributed by atoms with Gasteiger partial charge in [-0.25, -0.2) is 8.42 Å². The number of primary amides is 1. The normalized spacial score (nSPS) is 11.1. The fraction of sp³-hybridized carbons (Fsp3) is 0.222. The van der Waals surface area contributed by atoms with Crippen molar-refractivity contribution in [1.82, 2.24) is 0 Å². The molecule has 6 heteroatoms. The van der Waals surface area contributed by atoms with Crippen LogP contribution in [-0.2, 0) is 10.0 Å². The van der Waals surface area contributed by atoms with E-state index in [1.807, 2.05) is 0 Å². The lowest BCUT2D eigenvalue weighted by Crippen LogP contribution is -2.14. The Morgan fingerprint density at radius 1 is 1.33 bits per heavy atom. The summed E-state index contributed by atoms with van der Waals surface area (Å²) in [4.78, 5) is 10.9. The molecule has 0 saturated carbocycles. The number of benzene rings is 1. The fourth-order valence-corrected chi connectivity index (χ4v) is 1.74. The quantitative estimate of drug-likeness (QED) is 0.787. The summed E-state index contributed by atoms with van der Waals surface area (Å²) < 4.78 is 24.2. The van der Waals surface area contributed by atoms with Crippen molar-refractivity contribution < 1.29 is 13.2 Å². The van der Waals surface area contributed by atoms with Crippen molar-refractivity contribution >= 4 is 21.6 Å². The van der Waals surface area contributed by atoms with Crippen molar-refractivity contribution in [3.05, 3.63) is 29.3 Å². The third-order valence-electron chi connectivity index (χ3n) is 1.67. The Morgan fingerprint density at radius 2 is 1.93 bits per heavy atom. The molecule has 0 bridgehead atoms. The van der Waals surface area contributed by atoms with Crippen LogP contribution in [0.4, 0.5) is 5.69 Å². The maximum atomic E-state index is 11.0. The number of hydrogen-bond donors (Lipinski definition) is 2. The minimum atomic E-state index is -3.34. The molecule has 0 fully saturated rings. The lowest BCUT2D eigenvalue weighted by atomic mass is 10.1. The van der Waals surface area contributed by atoms with Crippen LogP contribution in [0, 0.1) is 6.92 Å². The predicted octanol–water partition coefficient (Wildman–Crippen LogP) is 0.465. The monoisotopic (exact) mass is 228 g/mol.